The molecule has 2 unspecified atom stereocenters. The zero-order chi connectivity index (χ0) is 10.4. The van der Waals surface area contributed by atoms with Crippen molar-refractivity contribution in [2.45, 2.75) is 46.9 Å². The van der Waals surface area contributed by atoms with Crippen LogP contribution in [0.25, 0.3) is 0 Å². The van der Waals surface area contributed by atoms with Crippen molar-refractivity contribution < 1.29 is 4.89 Å². The Hall–Kier alpha value is 0.560. The van der Waals surface area contributed by atoms with E-state index in [4.69, 9.17) is 4.89 Å². The van der Waals surface area contributed by atoms with E-state index in [-0.39, 0.29) is 5.41 Å². The summed E-state index contributed by atoms with van der Waals surface area (Å²) >= 11 is 0. The average molecular weight is 219 g/mol. The van der Waals surface area contributed by atoms with Gasteiger partial charge in [0.1, 0.15) is 5.40 Å². The molecule has 0 spiro atoms. The molecule has 0 aliphatic carbocycles. The molecule has 1 aliphatic rings. The van der Waals surface area contributed by atoms with E-state index in [0.717, 1.165) is 0 Å². The summed E-state index contributed by atoms with van der Waals surface area (Å²) in [6.07, 6.45) is 0. The molecule has 0 saturated heterocycles. The second-order valence-electron chi connectivity index (χ2n) is 5.81. The third-order valence-electron chi connectivity index (χ3n) is 2.16. The smallest absolute Gasteiger partial charge is 0.247 e. The summed E-state index contributed by atoms with van der Waals surface area (Å²) in [5, 5.41) is 2.08. The summed E-state index contributed by atoms with van der Waals surface area (Å²) < 4.78 is 0. The quantitative estimate of drug-likeness (QED) is 0.439. The van der Waals surface area contributed by atoms with Crippen molar-refractivity contribution in [1.82, 2.24) is 0 Å². The minimum Gasteiger partial charge on any atom is -0.432 e. The predicted molar refractivity (Wildman–Crippen MR) is 65.2 cm³/mol. The Morgan fingerprint density at radius 1 is 1.15 bits per heavy atom. The van der Waals surface area contributed by atoms with E-state index >= 15 is 0 Å². The molecule has 0 aromatic carbocycles. The van der Waals surface area contributed by atoms with Gasteiger partial charge in [0, 0.05) is 0 Å². The van der Waals surface area contributed by atoms with E-state index in [1.807, 2.05) is 0 Å². The Bertz CT molecular complexity index is 232. The topological polar surface area (TPSA) is 22.9 Å². The van der Waals surface area contributed by atoms with Crippen molar-refractivity contribution in [1.29, 1.82) is 0 Å². The number of hydrogen-bond acceptors (Lipinski definition) is 0. The maximum atomic E-state index is 8.16. The van der Waals surface area contributed by atoms with Gasteiger partial charge in [-0.15, -0.1) is 0 Å². The van der Waals surface area contributed by atoms with Gasteiger partial charge in [-0.3, -0.25) is 0 Å². The van der Waals surface area contributed by atoms with Crippen molar-refractivity contribution in [3.05, 3.63) is 0 Å². The Morgan fingerprint density at radius 3 is 1.85 bits per heavy atom. The van der Waals surface area contributed by atoms with E-state index in [9.17, 15) is 0 Å². The Morgan fingerprint density at radius 2 is 1.62 bits per heavy atom. The largest absolute Gasteiger partial charge is 0.432 e. The fourth-order valence-electron chi connectivity index (χ4n) is 1.43. The standard InChI is InChI=1S/C10H20OP2/c1-9(2,3)7-12-8(13(7)11)10(4,5)6/h7,11H,1-6H3/p+1. The van der Waals surface area contributed by atoms with Crippen molar-refractivity contribution in [2.24, 2.45) is 10.8 Å². The van der Waals surface area contributed by atoms with Crippen molar-refractivity contribution in [2.75, 3.05) is 0 Å². The lowest BCUT2D eigenvalue weighted by molar-refractivity contribution is 0.437. The zero-order valence-corrected chi connectivity index (χ0v) is 11.3. The molecule has 13 heavy (non-hydrogen) atoms. The molecule has 3 heteroatoms. The van der Waals surface area contributed by atoms with E-state index in [0.29, 0.717) is 10.8 Å². The summed E-state index contributed by atoms with van der Waals surface area (Å²) in [6.45, 7) is 13.5. The average Bonchev–Trinajstić information content (AvgIpc) is 1.77. The first-order valence-corrected chi connectivity index (χ1v) is 7.10. The monoisotopic (exact) mass is 219 g/mol. The van der Waals surface area contributed by atoms with Gasteiger partial charge >= 0.3 is 0 Å². The van der Waals surface area contributed by atoms with Crippen LogP contribution in [0.5, 0.6) is 0 Å². The fourth-order valence-corrected chi connectivity index (χ4v) is 5.68. The second kappa shape index (κ2) is 3.30. The lowest BCUT2D eigenvalue weighted by atomic mass is 9.99. The summed E-state index contributed by atoms with van der Waals surface area (Å²) in [7, 11) is 0.883. The fraction of sp³-hybridized carbons (Fsp3) is 0.900. The van der Waals surface area contributed by atoms with Crippen LogP contribution >= 0.6 is 16.4 Å². The molecular weight excluding hydrogens is 198 g/mol. The minimum absolute atomic E-state index is 0.261. The van der Waals surface area contributed by atoms with Crippen LogP contribution in [0.2, 0.25) is 0 Å². The molecule has 1 nitrogen and oxygen atoms in total. The molecule has 0 fully saturated rings. The Balaban J connectivity index is 2.80. The van der Waals surface area contributed by atoms with Crippen LogP contribution in [0, 0.1) is 10.8 Å². The molecule has 2 N–H and O–H groups in total. The van der Waals surface area contributed by atoms with Gasteiger partial charge in [0.2, 0.25) is 8.15 Å². The Labute approximate surface area is 84.6 Å². The van der Waals surface area contributed by atoms with Gasteiger partial charge in [-0.2, -0.15) is 0 Å². The van der Waals surface area contributed by atoms with Crippen molar-refractivity contribution in [3.8, 4) is 0 Å². The van der Waals surface area contributed by atoms with Crippen LogP contribution in [-0.4, -0.2) is 15.3 Å². The molecule has 1 rings (SSSR count). The normalized spacial score (nSPS) is 30.8. The summed E-state index contributed by atoms with van der Waals surface area (Å²) in [5.74, 6) is 0. The first-order chi connectivity index (χ1) is 5.64. The van der Waals surface area contributed by atoms with Crippen LogP contribution in [-0.2, 0) is 0 Å². The lowest BCUT2D eigenvalue weighted by Gasteiger charge is -2.39. The molecule has 0 saturated carbocycles. The van der Waals surface area contributed by atoms with Crippen LogP contribution in [0.1, 0.15) is 41.5 Å². The third-order valence-corrected chi connectivity index (χ3v) is 8.52. The van der Waals surface area contributed by atoms with E-state index in [2.05, 4.69) is 41.5 Å². The van der Waals surface area contributed by atoms with E-state index < -0.39 is 8.15 Å². The van der Waals surface area contributed by atoms with Gasteiger partial charge in [0.25, 0.3) is 0 Å². The molecule has 0 bridgehead atoms. The highest BCUT2D eigenvalue weighted by Gasteiger charge is 2.49. The zero-order valence-electron chi connectivity index (χ0n) is 9.47. The third kappa shape index (κ3) is 2.32. The van der Waals surface area contributed by atoms with Gasteiger partial charge in [0.05, 0.1) is 5.03 Å². The first kappa shape index (κ1) is 11.6. The predicted octanol–water partition coefficient (Wildman–Crippen LogP) is 3.62. The maximum Gasteiger partial charge on any atom is 0.247 e. The molecule has 0 radical (unpaired) electrons. The van der Waals surface area contributed by atoms with Crippen LogP contribution in [0.3, 0.4) is 0 Å². The molecule has 1 heterocycles. The van der Waals surface area contributed by atoms with Crippen LogP contribution < -0.4 is 0 Å². The lowest BCUT2D eigenvalue weighted by Crippen LogP contribution is -2.33. The summed E-state index contributed by atoms with van der Waals surface area (Å²) in [4.78, 5) is 8.16. The SMILES string of the molecule is CC(C)(C)C1=PC(C(C)(C)C)P1[OH2+]. The first-order valence-electron chi connectivity index (χ1n) is 4.73. The maximum absolute atomic E-state index is 8.16. The van der Waals surface area contributed by atoms with Gasteiger partial charge in [-0.25, -0.2) is 0 Å². The van der Waals surface area contributed by atoms with Crippen LogP contribution in [0.15, 0.2) is 0 Å². The van der Waals surface area contributed by atoms with Crippen molar-refractivity contribution in [3.63, 3.8) is 0 Å². The van der Waals surface area contributed by atoms with Gasteiger partial charge < -0.3 is 4.89 Å². The van der Waals surface area contributed by atoms with Crippen LogP contribution in [0.4, 0.5) is 0 Å². The highest BCUT2D eigenvalue weighted by Crippen LogP contribution is 2.66. The second-order valence-corrected chi connectivity index (χ2v) is 9.50. The molecule has 1 aliphatic heterocycles. The molecule has 0 aromatic rings. The highest BCUT2D eigenvalue weighted by molar-refractivity contribution is 7.95. The van der Waals surface area contributed by atoms with Gasteiger partial charge in [-0.1, -0.05) is 49.7 Å². The highest BCUT2D eigenvalue weighted by atomic mass is 31.2. The summed E-state index contributed by atoms with van der Waals surface area (Å²) in [6, 6.07) is 0. The molecule has 0 amide bonds. The number of rotatable bonds is 0. The van der Waals surface area contributed by atoms with Gasteiger partial charge in [0.15, 0.2) is 0 Å². The van der Waals surface area contributed by atoms with Crippen molar-refractivity contribution >= 4 is 21.4 Å². The summed E-state index contributed by atoms with van der Waals surface area (Å²) in [5.41, 5.74) is 0.584. The Kier molecular flexibility index (Phi) is 2.95. The number of hydrogen-bond donors (Lipinski definition) is 0. The molecule has 0 aromatic heterocycles. The van der Waals surface area contributed by atoms with E-state index in [1.54, 1.807) is 0 Å². The molecular formula is C10H21OP2+. The molecule has 76 valence electrons. The van der Waals surface area contributed by atoms with E-state index in [1.165, 1.54) is 13.2 Å². The van der Waals surface area contributed by atoms with Gasteiger partial charge in [-0.05, 0) is 10.8 Å². The minimum atomic E-state index is -0.566. The molecule has 2 atom stereocenters.